The first-order chi connectivity index (χ1) is 11.9. The second kappa shape index (κ2) is 9.94. The molecule has 0 amide bonds. The maximum absolute atomic E-state index is 2.40. The summed E-state index contributed by atoms with van der Waals surface area (Å²) in [4.78, 5) is 0. The Bertz CT molecular complexity index is 286. The van der Waals surface area contributed by atoms with E-state index in [-0.39, 0.29) is 0 Å². The highest BCUT2D eigenvalue weighted by molar-refractivity contribution is 7.77. The van der Waals surface area contributed by atoms with E-state index in [1.807, 2.05) is 0 Å². The molecule has 0 aliphatic heterocycles. The molecule has 24 heavy (non-hydrogen) atoms. The summed E-state index contributed by atoms with van der Waals surface area (Å²) in [7, 11) is -0.752. The van der Waals surface area contributed by atoms with Crippen molar-refractivity contribution in [1.29, 1.82) is 0 Å². The van der Waals surface area contributed by atoms with Gasteiger partial charge in [0.1, 0.15) is 0 Å². The molecule has 0 heterocycles. The lowest BCUT2D eigenvalue weighted by Crippen LogP contribution is -2.37. The van der Waals surface area contributed by atoms with E-state index in [0.717, 1.165) is 0 Å². The minimum absolute atomic E-state index is 0.752. The zero-order chi connectivity index (χ0) is 16.7. The summed E-state index contributed by atoms with van der Waals surface area (Å²) in [6.07, 6.45) is 30.0. The molecule has 3 fully saturated rings. The topological polar surface area (TPSA) is 0 Å². The van der Waals surface area contributed by atoms with Crippen molar-refractivity contribution in [2.24, 2.45) is 0 Å². The monoisotopic (exact) mass is 351 g/mol. The normalized spacial score (nSPS) is 25.9. The van der Waals surface area contributed by atoms with Gasteiger partial charge in [0.05, 0.1) is 23.1 Å². The predicted octanol–water partition coefficient (Wildman–Crippen LogP) is 8.19. The van der Waals surface area contributed by atoms with E-state index in [4.69, 9.17) is 0 Å². The Kier molecular flexibility index (Phi) is 7.95. The van der Waals surface area contributed by atoms with Crippen LogP contribution in [0.1, 0.15) is 122 Å². The van der Waals surface area contributed by atoms with Crippen LogP contribution in [-0.2, 0) is 0 Å². The molecule has 0 atom stereocenters. The molecular formula is C23H44P+. The quantitative estimate of drug-likeness (QED) is 0.320. The smallest absolute Gasteiger partial charge is 0.0654 e. The summed E-state index contributed by atoms with van der Waals surface area (Å²) >= 11 is 0. The molecule has 3 aliphatic rings. The van der Waals surface area contributed by atoms with Gasteiger partial charge in [-0.2, -0.15) is 0 Å². The molecule has 0 aromatic rings. The highest BCUT2D eigenvalue weighted by Gasteiger charge is 2.56. The molecule has 140 valence electrons. The molecule has 0 N–H and O–H groups in total. The molecule has 3 rings (SSSR count). The van der Waals surface area contributed by atoms with Crippen molar-refractivity contribution in [1.82, 2.24) is 0 Å². The van der Waals surface area contributed by atoms with Crippen molar-refractivity contribution in [3.05, 3.63) is 0 Å². The lowest BCUT2D eigenvalue weighted by molar-refractivity contribution is 0.449. The van der Waals surface area contributed by atoms with Crippen LogP contribution in [0.3, 0.4) is 0 Å². The Morgan fingerprint density at radius 3 is 1.25 bits per heavy atom. The molecular weight excluding hydrogens is 307 g/mol. The molecule has 0 unspecified atom stereocenters. The summed E-state index contributed by atoms with van der Waals surface area (Å²) in [6.45, 7) is 2.40. The third-order valence-electron chi connectivity index (χ3n) is 7.91. The van der Waals surface area contributed by atoms with Gasteiger partial charge in [-0.15, -0.1) is 0 Å². The second-order valence-corrected chi connectivity index (χ2v) is 13.9. The van der Waals surface area contributed by atoms with Gasteiger partial charge < -0.3 is 0 Å². The van der Waals surface area contributed by atoms with Gasteiger partial charge in [-0.05, 0) is 83.5 Å². The highest BCUT2D eigenvalue weighted by Crippen LogP contribution is 2.77. The van der Waals surface area contributed by atoms with E-state index < -0.39 is 7.26 Å². The maximum atomic E-state index is 2.40. The minimum atomic E-state index is -0.752. The summed E-state index contributed by atoms with van der Waals surface area (Å²) < 4.78 is 0. The van der Waals surface area contributed by atoms with Gasteiger partial charge in [0.25, 0.3) is 0 Å². The predicted molar refractivity (Wildman–Crippen MR) is 112 cm³/mol. The number of rotatable bonds is 7. The first kappa shape index (κ1) is 19.2. The molecule has 0 aromatic heterocycles. The van der Waals surface area contributed by atoms with Gasteiger partial charge in [-0.1, -0.05) is 39.0 Å². The van der Waals surface area contributed by atoms with Gasteiger partial charge in [-0.3, -0.25) is 0 Å². The zero-order valence-corrected chi connectivity index (χ0v) is 17.5. The molecule has 3 aliphatic carbocycles. The SMILES string of the molecule is CCCCC[P+](C1CCCCC1)(C1CCCCC1)C1CCCCC1. The van der Waals surface area contributed by atoms with E-state index in [9.17, 15) is 0 Å². The fourth-order valence-corrected chi connectivity index (χ4v) is 14.4. The fourth-order valence-electron chi connectivity index (χ4n) is 6.76. The summed E-state index contributed by atoms with van der Waals surface area (Å²) in [5, 5.41) is 0. The summed E-state index contributed by atoms with van der Waals surface area (Å²) in [5.74, 6) is 0. The van der Waals surface area contributed by atoms with E-state index in [1.165, 1.54) is 29.8 Å². The minimum Gasteiger partial charge on any atom is -0.0654 e. The van der Waals surface area contributed by atoms with Crippen molar-refractivity contribution < 1.29 is 0 Å². The first-order valence-corrected chi connectivity index (χ1v) is 13.9. The van der Waals surface area contributed by atoms with Crippen molar-refractivity contribution in [3.8, 4) is 0 Å². The standard InChI is InChI=1S/C23H44P/c1-2-3-13-20-24(21-14-7-4-8-15-21,22-16-9-5-10-17-22)23-18-11-6-12-19-23/h21-23H,2-20H2,1H3/q+1. The van der Waals surface area contributed by atoms with Gasteiger partial charge in [-0.25, -0.2) is 0 Å². The van der Waals surface area contributed by atoms with Gasteiger partial charge in [0.2, 0.25) is 0 Å². The van der Waals surface area contributed by atoms with E-state index in [0.29, 0.717) is 0 Å². The van der Waals surface area contributed by atoms with Crippen LogP contribution in [0.5, 0.6) is 0 Å². The molecule has 0 nitrogen and oxygen atoms in total. The summed E-state index contributed by atoms with van der Waals surface area (Å²) in [5.41, 5.74) is 3.61. The average molecular weight is 352 g/mol. The molecule has 0 bridgehead atoms. The van der Waals surface area contributed by atoms with Crippen LogP contribution in [-0.4, -0.2) is 23.1 Å². The molecule has 0 spiro atoms. The van der Waals surface area contributed by atoms with Crippen LogP contribution in [0, 0.1) is 0 Å². The number of hydrogen-bond donors (Lipinski definition) is 0. The lowest BCUT2D eigenvalue weighted by Gasteiger charge is -2.49. The van der Waals surface area contributed by atoms with Gasteiger partial charge in [0, 0.05) is 7.26 Å². The summed E-state index contributed by atoms with van der Waals surface area (Å²) in [6, 6.07) is 0. The number of unbranched alkanes of at least 4 members (excludes halogenated alkanes) is 2. The van der Waals surface area contributed by atoms with Gasteiger partial charge in [0.15, 0.2) is 0 Å². The highest BCUT2D eigenvalue weighted by atomic mass is 31.2. The maximum Gasteiger partial charge on any atom is 0.0703 e. The van der Waals surface area contributed by atoms with Crippen LogP contribution in [0.2, 0.25) is 0 Å². The van der Waals surface area contributed by atoms with Gasteiger partial charge >= 0.3 is 0 Å². The van der Waals surface area contributed by atoms with Crippen molar-refractivity contribution in [2.45, 2.75) is 139 Å². The molecule has 0 saturated heterocycles. The van der Waals surface area contributed by atoms with E-state index in [1.54, 1.807) is 109 Å². The van der Waals surface area contributed by atoms with Crippen LogP contribution in [0.4, 0.5) is 0 Å². The van der Waals surface area contributed by atoms with Crippen molar-refractivity contribution >= 4 is 7.26 Å². The molecule has 3 saturated carbocycles. The van der Waals surface area contributed by atoms with Crippen molar-refractivity contribution in [2.75, 3.05) is 6.16 Å². The Balaban J connectivity index is 1.86. The van der Waals surface area contributed by atoms with Crippen LogP contribution < -0.4 is 0 Å². The van der Waals surface area contributed by atoms with Crippen LogP contribution in [0.25, 0.3) is 0 Å². The van der Waals surface area contributed by atoms with E-state index >= 15 is 0 Å². The largest absolute Gasteiger partial charge is 0.0703 e. The average Bonchev–Trinajstić information content (AvgIpc) is 2.68. The third kappa shape index (κ3) is 4.39. The third-order valence-corrected chi connectivity index (χ3v) is 14.6. The van der Waals surface area contributed by atoms with Crippen molar-refractivity contribution in [3.63, 3.8) is 0 Å². The Labute approximate surface area is 153 Å². The van der Waals surface area contributed by atoms with Crippen LogP contribution in [0.15, 0.2) is 0 Å². The number of hydrogen-bond acceptors (Lipinski definition) is 0. The molecule has 1 heteroatoms. The molecule has 0 radical (unpaired) electrons. The first-order valence-electron chi connectivity index (χ1n) is 11.7. The Morgan fingerprint density at radius 1 is 0.542 bits per heavy atom. The lowest BCUT2D eigenvalue weighted by atomic mass is 9.99. The second-order valence-electron chi connectivity index (χ2n) is 9.30. The van der Waals surface area contributed by atoms with E-state index in [2.05, 4.69) is 6.92 Å². The fraction of sp³-hybridized carbons (Fsp3) is 1.00. The molecule has 0 aromatic carbocycles. The van der Waals surface area contributed by atoms with Crippen LogP contribution >= 0.6 is 7.26 Å². The zero-order valence-electron chi connectivity index (χ0n) is 16.6. The Morgan fingerprint density at radius 2 is 0.917 bits per heavy atom. The Hall–Kier alpha value is 0.430.